The normalized spacial score (nSPS) is 22.3. The molecule has 2 atom stereocenters. The maximum Gasteiger partial charge on any atom is 0.281 e. The number of quaternary nitrogens is 1. The first-order valence-corrected chi connectivity index (χ1v) is 10.1. The van der Waals surface area contributed by atoms with Gasteiger partial charge in [0.25, 0.3) is 5.91 Å². The fourth-order valence-electron chi connectivity index (χ4n) is 3.10. The van der Waals surface area contributed by atoms with E-state index in [0.717, 1.165) is 29.9 Å². The quantitative estimate of drug-likeness (QED) is 0.856. The topological polar surface area (TPSA) is 91.8 Å². The lowest BCUT2D eigenvalue weighted by atomic mass is 9.89. The summed E-state index contributed by atoms with van der Waals surface area (Å²) in [4.78, 5) is 20.7. The van der Waals surface area contributed by atoms with Gasteiger partial charge in [-0.15, -0.1) is 11.3 Å². The van der Waals surface area contributed by atoms with Crippen LogP contribution in [0.2, 0.25) is 0 Å². The molecule has 0 aromatic carbocycles. The van der Waals surface area contributed by atoms with Crippen molar-refractivity contribution in [3.05, 3.63) is 29.3 Å². The highest BCUT2D eigenvalue weighted by molar-refractivity contribution is 7.14. The molecular weight excluding hydrogens is 348 g/mol. The number of carbonyl (C=O) groups excluding carboxylic acids is 1. The van der Waals surface area contributed by atoms with Gasteiger partial charge in [0.2, 0.25) is 0 Å². The minimum atomic E-state index is -0.136. The molecule has 2 aromatic rings. The second-order valence-electron chi connectivity index (χ2n) is 6.21. The lowest BCUT2D eigenvalue weighted by Gasteiger charge is -2.31. The molecule has 1 fully saturated rings. The summed E-state index contributed by atoms with van der Waals surface area (Å²) in [5.74, 6) is 0.274. The first-order valence-electron chi connectivity index (χ1n) is 9.22. The minimum absolute atomic E-state index is 0.136. The van der Waals surface area contributed by atoms with Gasteiger partial charge >= 0.3 is 0 Å². The van der Waals surface area contributed by atoms with E-state index in [4.69, 9.17) is 9.72 Å². The molecule has 26 heavy (non-hydrogen) atoms. The summed E-state index contributed by atoms with van der Waals surface area (Å²) in [6.45, 7) is 8.43. The summed E-state index contributed by atoms with van der Waals surface area (Å²) in [5, 5.41) is 5.23. The molecule has 6 nitrogen and oxygen atoms in total. The smallest absolute Gasteiger partial charge is 0.281 e. The third kappa shape index (κ3) is 5.33. The van der Waals surface area contributed by atoms with Crippen LogP contribution in [0.4, 0.5) is 5.13 Å². The molecule has 0 saturated carbocycles. The zero-order valence-corrected chi connectivity index (χ0v) is 16.8. The first-order chi connectivity index (χ1) is 12.5. The minimum Gasteiger partial charge on any atom is -0.376 e. The number of ether oxygens (including phenoxy) is 1. The molecule has 3 heterocycles. The van der Waals surface area contributed by atoms with Gasteiger partial charge in [0.05, 0.1) is 17.9 Å². The number of nitrogens with one attached hydrogen (secondary N) is 1. The van der Waals surface area contributed by atoms with E-state index in [0.29, 0.717) is 11.0 Å². The van der Waals surface area contributed by atoms with Gasteiger partial charge in [0, 0.05) is 17.0 Å². The van der Waals surface area contributed by atoms with Crippen molar-refractivity contribution >= 4 is 22.4 Å². The summed E-state index contributed by atoms with van der Waals surface area (Å²) in [6, 6.07) is 6.06. The van der Waals surface area contributed by atoms with Crippen LogP contribution in [0.3, 0.4) is 0 Å². The third-order valence-corrected chi connectivity index (χ3v) is 4.88. The Labute approximate surface area is 159 Å². The zero-order valence-electron chi connectivity index (χ0n) is 16.0. The maximum atomic E-state index is 11.4. The molecule has 0 aliphatic carbocycles. The van der Waals surface area contributed by atoms with Crippen molar-refractivity contribution in [2.45, 2.75) is 58.7 Å². The lowest BCUT2D eigenvalue weighted by molar-refractivity contribution is -0.353. The average molecular weight is 378 g/mol. The molecule has 0 spiro atoms. The lowest BCUT2D eigenvalue weighted by Crippen LogP contribution is -2.55. The Balaban J connectivity index is 0.00000117. The van der Waals surface area contributed by atoms with Gasteiger partial charge in [-0.25, -0.2) is 4.98 Å². The Kier molecular flexibility index (Phi) is 7.68. The summed E-state index contributed by atoms with van der Waals surface area (Å²) in [6.07, 6.45) is 2.49. The largest absolute Gasteiger partial charge is 0.376 e. The zero-order chi connectivity index (χ0) is 19.1. The molecule has 2 unspecified atom stereocenters. The van der Waals surface area contributed by atoms with E-state index >= 15 is 0 Å². The monoisotopic (exact) mass is 377 g/mol. The van der Waals surface area contributed by atoms with Crippen molar-refractivity contribution in [2.75, 3.05) is 11.9 Å². The SMILES string of the molecule is CC.CC1CC(c2cccc(-c3csc(NC(=O)C[NH3+])n3)n2)CC(C)O1. The summed E-state index contributed by atoms with van der Waals surface area (Å²) in [5.41, 5.74) is 6.28. The number of hydrogen-bond donors (Lipinski definition) is 2. The van der Waals surface area contributed by atoms with E-state index in [1.165, 1.54) is 11.3 Å². The molecule has 7 heteroatoms. The summed E-state index contributed by atoms with van der Waals surface area (Å²) < 4.78 is 5.82. The molecule has 0 bridgehead atoms. The van der Waals surface area contributed by atoms with Gasteiger partial charge in [-0.3, -0.25) is 15.1 Å². The van der Waals surface area contributed by atoms with E-state index < -0.39 is 0 Å². The fourth-order valence-corrected chi connectivity index (χ4v) is 3.82. The van der Waals surface area contributed by atoms with Crippen LogP contribution in [-0.2, 0) is 9.53 Å². The number of nitrogens with zero attached hydrogens (tertiary/aromatic N) is 2. The summed E-state index contributed by atoms with van der Waals surface area (Å²) >= 11 is 1.40. The van der Waals surface area contributed by atoms with Crippen molar-refractivity contribution in [1.82, 2.24) is 9.97 Å². The van der Waals surface area contributed by atoms with Gasteiger partial charge in [-0.1, -0.05) is 19.9 Å². The molecule has 1 amide bonds. The highest BCUT2D eigenvalue weighted by atomic mass is 32.1. The molecule has 4 N–H and O–H groups in total. The molecule has 1 aliphatic rings. The van der Waals surface area contributed by atoms with Crippen molar-refractivity contribution in [2.24, 2.45) is 0 Å². The number of thiazole rings is 1. The van der Waals surface area contributed by atoms with Crippen LogP contribution in [0, 0.1) is 0 Å². The van der Waals surface area contributed by atoms with Crippen LogP contribution in [0.15, 0.2) is 23.6 Å². The Morgan fingerprint density at radius 1 is 1.23 bits per heavy atom. The predicted octanol–water partition coefficient (Wildman–Crippen LogP) is 3.08. The number of rotatable bonds is 4. The summed E-state index contributed by atoms with van der Waals surface area (Å²) in [7, 11) is 0. The van der Waals surface area contributed by atoms with Crippen LogP contribution >= 0.6 is 11.3 Å². The van der Waals surface area contributed by atoms with E-state index in [2.05, 4.69) is 35.9 Å². The Morgan fingerprint density at radius 3 is 2.58 bits per heavy atom. The number of pyridine rings is 1. The van der Waals surface area contributed by atoms with E-state index in [1.54, 1.807) is 0 Å². The van der Waals surface area contributed by atoms with E-state index in [1.807, 2.05) is 31.4 Å². The molecule has 142 valence electrons. The molecular formula is C19H29N4O2S+. The van der Waals surface area contributed by atoms with Crippen LogP contribution in [-0.4, -0.2) is 34.6 Å². The van der Waals surface area contributed by atoms with Gasteiger partial charge in [-0.2, -0.15) is 0 Å². The molecule has 1 saturated heterocycles. The van der Waals surface area contributed by atoms with Crippen molar-refractivity contribution in [3.63, 3.8) is 0 Å². The van der Waals surface area contributed by atoms with Gasteiger partial charge in [-0.05, 0) is 38.8 Å². The Bertz CT molecular complexity index is 709. The van der Waals surface area contributed by atoms with Crippen molar-refractivity contribution in [3.8, 4) is 11.4 Å². The van der Waals surface area contributed by atoms with E-state index in [9.17, 15) is 4.79 Å². The number of amides is 1. The van der Waals surface area contributed by atoms with Crippen LogP contribution in [0.5, 0.6) is 0 Å². The highest BCUT2D eigenvalue weighted by Gasteiger charge is 2.26. The number of carbonyl (C=O) groups is 1. The Hall–Kier alpha value is -1.83. The van der Waals surface area contributed by atoms with E-state index in [-0.39, 0.29) is 24.7 Å². The number of aromatic nitrogens is 2. The second kappa shape index (κ2) is 9.75. The first kappa shape index (κ1) is 20.5. The van der Waals surface area contributed by atoms with Gasteiger partial charge in [0.1, 0.15) is 5.69 Å². The maximum absolute atomic E-state index is 11.4. The van der Waals surface area contributed by atoms with Crippen LogP contribution in [0.25, 0.3) is 11.4 Å². The highest BCUT2D eigenvalue weighted by Crippen LogP contribution is 2.33. The average Bonchev–Trinajstić information content (AvgIpc) is 3.11. The third-order valence-electron chi connectivity index (χ3n) is 4.13. The molecule has 0 radical (unpaired) electrons. The van der Waals surface area contributed by atoms with Crippen LogP contribution < -0.4 is 11.1 Å². The second-order valence-corrected chi connectivity index (χ2v) is 7.07. The molecule has 1 aliphatic heterocycles. The van der Waals surface area contributed by atoms with Crippen LogP contribution in [0.1, 0.15) is 52.1 Å². The van der Waals surface area contributed by atoms with Gasteiger partial charge in [0.15, 0.2) is 11.7 Å². The van der Waals surface area contributed by atoms with Crippen molar-refractivity contribution < 1.29 is 15.3 Å². The standard InChI is InChI=1S/C17H22N4O2S.C2H6/c1-10-6-12(7-11(2)23-10)13-4-3-5-14(19-13)15-9-24-17(20-15)21-16(22)8-18;1-2/h3-5,9-12H,6-8,18H2,1-2H3,(H,20,21,22);1-2H3/p+1. The molecule has 2 aromatic heterocycles. The molecule has 3 rings (SSSR count). The predicted molar refractivity (Wildman–Crippen MR) is 105 cm³/mol. The number of anilines is 1. The number of hydrogen-bond acceptors (Lipinski definition) is 5. The fraction of sp³-hybridized carbons (Fsp3) is 0.526. The Morgan fingerprint density at radius 2 is 1.92 bits per heavy atom. The van der Waals surface area contributed by atoms with Crippen molar-refractivity contribution in [1.29, 1.82) is 0 Å². The van der Waals surface area contributed by atoms with Gasteiger partial charge < -0.3 is 10.5 Å².